The van der Waals surface area contributed by atoms with Gasteiger partial charge in [0.25, 0.3) is 0 Å². The summed E-state index contributed by atoms with van der Waals surface area (Å²) in [6, 6.07) is 6.46. The highest BCUT2D eigenvalue weighted by Gasteiger charge is 2.07. The van der Waals surface area contributed by atoms with Gasteiger partial charge in [0, 0.05) is 26.7 Å². The topological polar surface area (TPSA) is 41.6 Å². The molecule has 0 aromatic heterocycles. The lowest BCUT2D eigenvalue weighted by Gasteiger charge is -2.13. The highest BCUT2D eigenvalue weighted by molar-refractivity contribution is 9.10. The minimum Gasteiger partial charge on any atom is -0.492 e. The van der Waals surface area contributed by atoms with Crippen LogP contribution in [0.2, 0.25) is 0 Å². The zero-order valence-electron chi connectivity index (χ0n) is 12.6. The minimum absolute atomic E-state index is 0.0684. The Hall–Kier alpha value is -1.07. The number of hydrogen-bond acceptors (Lipinski definition) is 3. The van der Waals surface area contributed by atoms with Gasteiger partial charge in [0.15, 0.2) is 0 Å². The molecule has 0 aliphatic rings. The molecule has 1 N–H and O–H groups in total. The zero-order chi connectivity index (χ0) is 15.1. The summed E-state index contributed by atoms with van der Waals surface area (Å²) in [6.07, 6.45) is 0.385. The summed E-state index contributed by atoms with van der Waals surface area (Å²) in [5.74, 6) is 0.837. The number of nitrogens with zero attached hydrogens (tertiary/aromatic N) is 1. The van der Waals surface area contributed by atoms with Crippen LogP contribution in [0.3, 0.4) is 0 Å². The number of carbonyl (C=O) groups is 1. The lowest BCUT2D eigenvalue weighted by molar-refractivity contribution is -0.129. The largest absolute Gasteiger partial charge is 0.492 e. The van der Waals surface area contributed by atoms with Gasteiger partial charge >= 0.3 is 0 Å². The molecule has 0 heterocycles. The van der Waals surface area contributed by atoms with E-state index in [1.807, 2.05) is 18.2 Å². The standard InChI is InChI=1S/C15H23BrN2O2/c1-11(2)17-10-12-5-6-14(13(16)9-12)20-8-7-15(19)18(3)4/h5-6,9,11,17H,7-8,10H2,1-4H3. The van der Waals surface area contributed by atoms with E-state index in [0.717, 1.165) is 16.8 Å². The summed E-state index contributed by atoms with van der Waals surface area (Å²) in [6.45, 7) is 5.46. The number of ether oxygens (including phenoxy) is 1. The van der Waals surface area contributed by atoms with Crippen LogP contribution in [-0.4, -0.2) is 37.6 Å². The van der Waals surface area contributed by atoms with E-state index < -0.39 is 0 Å². The van der Waals surface area contributed by atoms with Crippen LogP contribution >= 0.6 is 15.9 Å². The van der Waals surface area contributed by atoms with Crippen LogP contribution in [0.15, 0.2) is 22.7 Å². The minimum atomic E-state index is 0.0684. The van der Waals surface area contributed by atoms with E-state index >= 15 is 0 Å². The average Bonchev–Trinajstić information content (AvgIpc) is 2.38. The number of benzene rings is 1. The molecule has 0 aliphatic heterocycles. The van der Waals surface area contributed by atoms with Crippen molar-refractivity contribution in [1.29, 1.82) is 0 Å². The summed E-state index contributed by atoms with van der Waals surface area (Å²) in [7, 11) is 3.49. The van der Waals surface area contributed by atoms with Crippen molar-refractivity contribution in [3.05, 3.63) is 28.2 Å². The molecule has 0 saturated heterocycles. The van der Waals surface area contributed by atoms with Crippen LogP contribution < -0.4 is 10.1 Å². The quantitative estimate of drug-likeness (QED) is 0.828. The number of amides is 1. The van der Waals surface area contributed by atoms with Crippen LogP contribution in [0.4, 0.5) is 0 Å². The molecule has 0 saturated carbocycles. The molecule has 112 valence electrons. The predicted octanol–water partition coefficient (Wildman–Crippen LogP) is 2.80. The Kier molecular flexibility index (Phi) is 7.02. The molecule has 20 heavy (non-hydrogen) atoms. The predicted molar refractivity (Wildman–Crippen MR) is 84.9 cm³/mol. The molecule has 0 bridgehead atoms. The van der Waals surface area contributed by atoms with Crippen molar-refractivity contribution in [2.75, 3.05) is 20.7 Å². The van der Waals surface area contributed by atoms with Gasteiger partial charge in [0.2, 0.25) is 5.91 Å². The van der Waals surface area contributed by atoms with Crippen molar-refractivity contribution >= 4 is 21.8 Å². The van der Waals surface area contributed by atoms with Crippen LogP contribution in [0.1, 0.15) is 25.8 Å². The van der Waals surface area contributed by atoms with Gasteiger partial charge < -0.3 is 15.0 Å². The van der Waals surface area contributed by atoms with Gasteiger partial charge in [-0.3, -0.25) is 4.79 Å². The Bertz CT molecular complexity index is 447. The highest BCUT2D eigenvalue weighted by atomic mass is 79.9. The maximum absolute atomic E-state index is 11.4. The third-order valence-corrected chi connectivity index (χ3v) is 3.40. The van der Waals surface area contributed by atoms with Crippen LogP contribution in [0, 0.1) is 0 Å². The second kappa shape index (κ2) is 8.27. The Morgan fingerprint density at radius 2 is 2.10 bits per heavy atom. The molecule has 4 nitrogen and oxygen atoms in total. The average molecular weight is 343 g/mol. The monoisotopic (exact) mass is 342 g/mol. The Labute approximate surface area is 129 Å². The second-order valence-electron chi connectivity index (χ2n) is 5.19. The SMILES string of the molecule is CC(C)NCc1ccc(OCCC(=O)N(C)C)c(Br)c1. The van der Waals surface area contributed by atoms with Gasteiger partial charge in [-0.1, -0.05) is 19.9 Å². The van der Waals surface area contributed by atoms with Crippen LogP contribution in [0.5, 0.6) is 5.75 Å². The van der Waals surface area contributed by atoms with Crippen LogP contribution in [0.25, 0.3) is 0 Å². The third kappa shape index (κ3) is 5.92. The number of carbonyl (C=O) groups excluding carboxylic acids is 1. The Morgan fingerprint density at radius 1 is 1.40 bits per heavy atom. The van der Waals surface area contributed by atoms with Crippen molar-refractivity contribution in [1.82, 2.24) is 10.2 Å². The molecule has 1 rings (SSSR count). The highest BCUT2D eigenvalue weighted by Crippen LogP contribution is 2.26. The first-order chi connectivity index (χ1) is 9.40. The van der Waals surface area contributed by atoms with Crippen molar-refractivity contribution in [2.45, 2.75) is 32.9 Å². The molecule has 1 aromatic carbocycles. The number of rotatable bonds is 7. The van der Waals surface area contributed by atoms with Gasteiger partial charge in [0.1, 0.15) is 5.75 Å². The molecule has 0 radical (unpaired) electrons. The zero-order valence-corrected chi connectivity index (χ0v) is 14.2. The molecule has 0 atom stereocenters. The Morgan fingerprint density at radius 3 is 2.65 bits per heavy atom. The fourth-order valence-corrected chi connectivity index (χ4v) is 2.11. The summed E-state index contributed by atoms with van der Waals surface area (Å²) >= 11 is 3.50. The maximum Gasteiger partial charge on any atom is 0.225 e. The maximum atomic E-state index is 11.4. The Balaban J connectivity index is 2.49. The van der Waals surface area contributed by atoms with Crippen molar-refractivity contribution in [2.24, 2.45) is 0 Å². The van der Waals surface area contributed by atoms with Gasteiger partial charge in [-0.25, -0.2) is 0 Å². The summed E-state index contributed by atoms with van der Waals surface area (Å²) in [5.41, 5.74) is 1.20. The molecular formula is C15H23BrN2O2. The molecule has 0 unspecified atom stereocenters. The van der Waals surface area contributed by atoms with E-state index in [1.165, 1.54) is 5.56 Å². The molecular weight excluding hydrogens is 320 g/mol. The van der Waals surface area contributed by atoms with E-state index in [9.17, 15) is 4.79 Å². The molecule has 0 spiro atoms. The van der Waals surface area contributed by atoms with Crippen molar-refractivity contribution in [3.8, 4) is 5.75 Å². The van der Waals surface area contributed by atoms with E-state index in [4.69, 9.17) is 4.74 Å². The van der Waals surface area contributed by atoms with Gasteiger partial charge in [-0.2, -0.15) is 0 Å². The second-order valence-corrected chi connectivity index (χ2v) is 6.04. The van der Waals surface area contributed by atoms with E-state index in [1.54, 1.807) is 19.0 Å². The summed E-state index contributed by atoms with van der Waals surface area (Å²) in [5, 5.41) is 3.37. The first kappa shape index (κ1) is 17.0. The number of nitrogens with one attached hydrogen (secondary N) is 1. The fraction of sp³-hybridized carbons (Fsp3) is 0.533. The van der Waals surface area contributed by atoms with E-state index in [-0.39, 0.29) is 5.91 Å². The van der Waals surface area contributed by atoms with E-state index in [0.29, 0.717) is 19.1 Å². The van der Waals surface area contributed by atoms with Crippen LogP contribution in [-0.2, 0) is 11.3 Å². The first-order valence-corrected chi connectivity index (χ1v) is 7.54. The summed E-state index contributed by atoms with van der Waals surface area (Å²) < 4.78 is 6.54. The fourth-order valence-electron chi connectivity index (χ4n) is 1.57. The molecule has 0 aliphatic carbocycles. The lowest BCUT2D eigenvalue weighted by Crippen LogP contribution is -2.23. The smallest absolute Gasteiger partial charge is 0.225 e. The van der Waals surface area contributed by atoms with Crippen molar-refractivity contribution in [3.63, 3.8) is 0 Å². The molecule has 5 heteroatoms. The normalized spacial score (nSPS) is 10.7. The first-order valence-electron chi connectivity index (χ1n) is 6.75. The lowest BCUT2D eigenvalue weighted by atomic mass is 10.2. The third-order valence-electron chi connectivity index (χ3n) is 2.78. The van der Waals surface area contributed by atoms with Gasteiger partial charge in [-0.15, -0.1) is 0 Å². The van der Waals surface area contributed by atoms with Gasteiger partial charge in [-0.05, 0) is 33.6 Å². The number of halogens is 1. The van der Waals surface area contributed by atoms with E-state index in [2.05, 4.69) is 35.1 Å². The molecule has 1 aromatic rings. The van der Waals surface area contributed by atoms with Gasteiger partial charge in [0.05, 0.1) is 17.5 Å². The molecule has 0 fully saturated rings. The summed E-state index contributed by atoms with van der Waals surface area (Å²) in [4.78, 5) is 13.0. The number of hydrogen-bond donors (Lipinski definition) is 1. The van der Waals surface area contributed by atoms with Crippen molar-refractivity contribution < 1.29 is 9.53 Å². The molecule has 1 amide bonds.